The predicted octanol–water partition coefficient (Wildman–Crippen LogP) is 3.56. The Morgan fingerprint density at radius 1 is 1.53 bits per heavy atom. The number of amides is 2. The number of hydrogen-bond acceptors (Lipinski definition) is 1. The van der Waals surface area contributed by atoms with Gasteiger partial charge in [-0.05, 0) is 43.9 Å². The quantitative estimate of drug-likeness (QED) is 0.885. The highest BCUT2D eigenvalue weighted by Gasteiger charge is 2.22. The van der Waals surface area contributed by atoms with E-state index in [2.05, 4.69) is 12.2 Å². The average molecular weight is 285 g/mol. The maximum atomic E-state index is 13.0. The van der Waals surface area contributed by atoms with Crippen LogP contribution in [0.1, 0.15) is 31.7 Å². The van der Waals surface area contributed by atoms with Crippen molar-refractivity contribution in [2.24, 2.45) is 0 Å². The number of piperidine rings is 1. The van der Waals surface area contributed by atoms with Gasteiger partial charge < -0.3 is 10.2 Å². The molecule has 1 N–H and O–H groups in total. The molecule has 1 heterocycles. The molecule has 0 spiro atoms. The van der Waals surface area contributed by atoms with Crippen LogP contribution in [0.15, 0.2) is 18.2 Å². The third-order valence-electron chi connectivity index (χ3n) is 3.49. The lowest BCUT2D eigenvalue weighted by Crippen LogP contribution is -2.47. The van der Waals surface area contributed by atoms with Crippen LogP contribution in [0.4, 0.5) is 9.18 Å². The number of likely N-dealkylation sites (tertiary alicyclic amines) is 1. The van der Waals surface area contributed by atoms with Crippen LogP contribution in [0, 0.1) is 5.82 Å². The number of carbonyl (C=O) groups excluding carboxylic acids is 1. The Kier molecular flexibility index (Phi) is 4.64. The highest BCUT2D eigenvalue weighted by Crippen LogP contribution is 2.17. The lowest BCUT2D eigenvalue weighted by atomic mass is 10.0. The standard InChI is InChI=1S/C14H18ClFN2O/c1-10-4-2-3-7-18(10)14(19)17-9-11-5-6-13(16)12(15)8-11/h5-6,8,10H,2-4,7,9H2,1H3,(H,17,19). The minimum absolute atomic E-state index is 0.0624. The number of rotatable bonds is 2. The van der Waals surface area contributed by atoms with Gasteiger partial charge in [0.25, 0.3) is 0 Å². The fourth-order valence-electron chi connectivity index (χ4n) is 2.33. The van der Waals surface area contributed by atoms with E-state index in [0.29, 0.717) is 6.54 Å². The van der Waals surface area contributed by atoms with Crippen LogP contribution in [0.25, 0.3) is 0 Å². The molecule has 104 valence electrons. The van der Waals surface area contributed by atoms with Crippen LogP contribution >= 0.6 is 11.6 Å². The van der Waals surface area contributed by atoms with Gasteiger partial charge in [0.1, 0.15) is 5.82 Å². The Hall–Kier alpha value is -1.29. The zero-order chi connectivity index (χ0) is 13.8. The second kappa shape index (κ2) is 6.24. The highest BCUT2D eigenvalue weighted by molar-refractivity contribution is 6.30. The maximum absolute atomic E-state index is 13.0. The van der Waals surface area contributed by atoms with Crippen molar-refractivity contribution < 1.29 is 9.18 Å². The van der Waals surface area contributed by atoms with Gasteiger partial charge in [0.2, 0.25) is 0 Å². The largest absolute Gasteiger partial charge is 0.334 e. The molecule has 1 atom stereocenters. The Morgan fingerprint density at radius 2 is 2.32 bits per heavy atom. The summed E-state index contributed by atoms with van der Waals surface area (Å²) in [5, 5.41) is 2.93. The maximum Gasteiger partial charge on any atom is 0.317 e. The first kappa shape index (κ1) is 14.1. The number of benzene rings is 1. The highest BCUT2D eigenvalue weighted by atomic mass is 35.5. The molecule has 0 radical (unpaired) electrons. The molecule has 5 heteroatoms. The average Bonchev–Trinajstić information content (AvgIpc) is 2.40. The molecule has 0 aliphatic carbocycles. The molecule has 2 amide bonds. The zero-order valence-electron chi connectivity index (χ0n) is 11.0. The summed E-state index contributed by atoms with van der Waals surface area (Å²) in [7, 11) is 0. The molecule has 1 aliphatic heterocycles. The normalized spacial score (nSPS) is 19.3. The van der Waals surface area contributed by atoms with E-state index in [1.807, 2.05) is 4.90 Å². The van der Waals surface area contributed by atoms with Gasteiger partial charge in [0.15, 0.2) is 0 Å². The van der Waals surface area contributed by atoms with Gasteiger partial charge in [-0.25, -0.2) is 9.18 Å². The van der Waals surface area contributed by atoms with Gasteiger partial charge in [-0.15, -0.1) is 0 Å². The summed E-state index contributed by atoms with van der Waals surface area (Å²) < 4.78 is 13.0. The minimum atomic E-state index is -0.443. The Morgan fingerprint density at radius 3 is 3.00 bits per heavy atom. The van der Waals surface area contributed by atoms with Gasteiger partial charge in [0.05, 0.1) is 5.02 Å². The topological polar surface area (TPSA) is 32.3 Å². The Balaban J connectivity index is 1.90. The van der Waals surface area contributed by atoms with Crippen LogP contribution in [0.5, 0.6) is 0 Å². The van der Waals surface area contributed by atoms with Crippen LogP contribution in [-0.4, -0.2) is 23.5 Å². The molecule has 1 aliphatic rings. The van der Waals surface area contributed by atoms with Crippen LogP contribution in [-0.2, 0) is 6.54 Å². The number of urea groups is 1. The van der Waals surface area contributed by atoms with E-state index < -0.39 is 5.82 Å². The van der Waals surface area contributed by atoms with Gasteiger partial charge in [-0.1, -0.05) is 17.7 Å². The molecule has 1 fully saturated rings. The number of nitrogens with one attached hydrogen (secondary N) is 1. The number of hydrogen-bond donors (Lipinski definition) is 1. The molecule has 1 aromatic carbocycles. The number of nitrogens with zero attached hydrogens (tertiary/aromatic N) is 1. The molecule has 0 saturated carbocycles. The second-order valence-corrected chi connectivity index (χ2v) is 5.35. The van der Waals surface area contributed by atoms with Gasteiger partial charge >= 0.3 is 6.03 Å². The summed E-state index contributed by atoms with van der Waals surface area (Å²) in [5.74, 6) is -0.443. The van der Waals surface area contributed by atoms with Crippen molar-refractivity contribution in [1.29, 1.82) is 0 Å². The lowest BCUT2D eigenvalue weighted by molar-refractivity contribution is 0.158. The fourth-order valence-corrected chi connectivity index (χ4v) is 2.53. The van der Waals surface area contributed by atoms with E-state index >= 15 is 0 Å². The zero-order valence-corrected chi connectivity index (χ0v) is 11.7. The molecule has 19 heavy (non-hydrogen) atoms. The summed E-state index contributed by atoms with van der Waals surface area (Å²) in [5.41, 5.74) is 0.796. The third kappa shape index (κ3) is 3.60. The molecule has 0 aromatic heterocycles. The smallest absolute Gasteiger partial charge is 0.317 e. The first-order chi connectivity index (χ1) is 9.08. The van der Waals surface area contributed by atoms with E-state index in [4.69, 9.17) is 11.6 Å². The van der Waals surface area contributed by atoms with Crippen molar-refractivity contribution in [1.82, 2.24) is 10.2 Å². The molecular weight excluding hydrogens is 267 g/mol. The second-order valence-electron chi connectivity index (χ2n) is 4.95. The van der Waals surface area contributed by atoms with E-state index in [1.165, 1.54) is 18.6 Å². The minimum Gasteiger partial charge on any atom is -0.334 e. The summed E-state index contributed by atoms with van der Waals surface area (Å²) in [4.78, 5) is 13.9. The molecule has 1 unspecified atom stereocenters. The van der Waals surface area contributed by atoms with Gasteiger partial charge in [0, 0.05) is 19.1 Å². The number of halogens is 2. The van der Waals surface area contributed by atoms with Crippen molar-refractivity contribution in [3.63, 3.8) is 0 Å². The lowest BCUT2D eigenvalue weighted by Gasteiger charge is -2.33. The van der Waals surface area contributed by atoms with Crippen molar-refractivity contribution >= 4 is 17.6 Å². The van der Waals surface area contributed by atoms with Crippen LogP contribution < -0.4 is 5.32 Å². The monoisotopic (exact) mass is 284 g/mol. The van der Waals surface area contributed by atoms with Crippen molar-refractivity contribution in [3.8, 4) is 0 Å². The summed E-state index contributed by atoms with van der Waals surface area (Å²) in [6.45, 7) is 3.23. The van der Waals surface area contributed by atoms with Crippen LogP contribution in [0.3, 0.4) is 0 Å². The molecule has 2 rings (SSSR count). The first-order valence-corrected chi connectivity index (χ1v) is 6.94. The van der Waals surface area contributed by atoms with E-state index in [9.17, 15) is 9.18 Å². The van der Waals surface area contributed by atoms with Crippen molar-refractivity contribution in [3.05, 3.63) is 34.6 Å². The first-order valence-electron chi connectivity index (χ1n) is 6.56. The van der Waals surface area contributed by atoms with E-state index in [0.717, 1.165) is 24.9 Å². The third-order valence-corrected chi connectivity index (χ3v) is 3.78. The van der Waals surface area contributed by atoms with E-state index in [1.54, 1.807) is 6.07 Å². The van der Waals surface area contributed by atoms with E-state index in [-0.39, 0.29) is 17.1 Å². The predicted molar refractivity (Wildman–Crippen MR) is 73.7 cm³/mol. The van der Waals surface area contributed by atoms with Crippen molar-refractivity contribution in [2.75, 3.05) is 6.54 Å². The Labute approximate surface area is 117 Å². The summed E-state index contributed by atoms with van der Waals surface area (Å²) in [6, 6.07) is 4.70. The van der Waals surface area contributed by atoms with Crippen molar-refractivity contribution in [2.45, 2.75) is 38.8 Å². The molecule has 3 nitrogen and oxygen atoms in total. The molecular formula is C14H18ClFN2O. The molecule has 1 saturated heterocycles. The van der Waals surface area contributed by atoms with Gasteiger partial charge in [-0.2, -0.15) is 0 Å². The molecule has 0 bridgehead atoms. The fraction of sp³-hybridized carbons (Fsp3) is 0.500. The summed E-state index contributed by atoms with van der Waals surface area (Å²) in [6.07, 6.45) is 3.29. The summed E-state index contributed by atoms with van der Waals surface area (Å²) >= 11 is 5.70. The molecule has 1 aromatic rings. The SMILES string of the molecule is CC1CCCCN1C(=O)NCc1ccc(F)c(Cl)c1. The Bertz CT molecular complexity index is 467. The van der Waals surface area contributed by atoms with Gasteiger partial charge in [-0.3, -0.25) is 0 Å². The van der Waals surface area contributed by atoms with Crippen LogP contribution in [0.2, 0.25) is 5.02 Å². The number of carbonyl (C=O) groups is 1.